The van der Waals surface area contributed by atoms with Gasteiger partial charge in [-0.3, -0.25) is 0 Å². The molecule has 1 aliphatic rings. The fraction of sp³-hybridized carbons (Fsp3) is 0.417. The van der Waals surface area contributed by atoms with Gasteiger partial charge >= 0.3 is 0 Å². The molecule has 0 radical (unpaired) electrons. The highest BCUT2D eigenvalue weighted by Gasteiger charge is 2.38. The molecule has 5 heteroatoms. The molecule has 0 N–H and O–H groups in total. The number of aryl methyl sites for hydroxylation is 1. The third-order valence-corrected chi connectivity index (χ3v) is 4.92. The van der Waals surface area contributed by atoms with Crippen LogP contribution in [-0.2, 0) is 10.0 Å². The Labute approximate surface area is 102 Å². The Hall–Kier alpha value is -1.38. The second kappa shape index (κ2) is 4.47. The summed E-state index contributed by atoms with van der Waals surface area (Å²) in [7, 11) is -3.52. The van der Waals surface area contributed by atoms with E-state index in [1.165, 1.54) is 4.31 Å². The minimum absolute atomic E-state index is 0.0132. The highest BCUT2D eigenvalue weighted by molar-refractivity contribution is 7.89. The van der Waals surface area contributed by atoms with Gasteiger partial charge in [0.15, 0.2) is 0 Å². The monoisotopic (exact) mass is 250 g/mol. The lowest BCUT2D eigenvalue weighted by molar-refractivity contribution is 0.438. The lowest BCUT2D eigenvalue weighted by Gasteiger charge is -2.19. The van der Waals surface area contributed by atoms with Crippen LogP contribution < -0.4 is 0 Å². The molecule has 0 amide bonds. The predicted molar refractivity (Wildman–Crippen MR) is 63.7 cm³/mol. The second-order valence-corrected chi connectivity index (χ2v) is 6.06. The average Bonchev–Trinajstić information content (AvgIpc) is 3.10. The number of sulfonamides is 1. The fourth-order valence-corrected chi connectivity index (χ4v) is 3.62. The van der Waals surface area contributed by atoms with Gasteiger partial charge in [-0.15, -0.1) is 0 Å². The van der Waals surface area contributed by atoms with Crippen LogP contribution in [0, 0.1) is 18.3 Å². The molecule has 0 aromatic heterocycles. The van der Waals surface area contributed by atoms with Crippen LogP contribution in [0.5, 0.6) is 0 Å². The first-order chi connectivity index (χ1) is 8.07. The van der Waals surface area contributed by atoms with Crippen LogP contribution in [0.3, 0.4) is 0 Å². The third-order valence-electron chi connectivity index (χ3n) is 2.86. The van der Waals surface area contributed by atoms with Gasteiger partial charge in [0.2, 0.25) is 10.0 Å². The Bertz CT molecular complexity index is 556. The molecular formula is C12H14N2O2S. The summed E-state index contributed by atoms with van der Waals surface area (Å²) in [6, 6.07) is 8.82. The summed E-state index contributed by atoms with van der Waals surface area (Å²) in [5.74, 6) is 0. The molecular weight excluding hydrogens is 236 g/mol. The van der Waals surface area contributed by atoms with E-state index in [0.717, 1.165) is 18.4 Å². The van der Waals surface area contributed by atoms with Gasteiger partial charge in [0, 0.05) is 6.04 Å². The van der Waals surface area contributed by atoms with E-state index in [1.807, 2.05) is 6.07 Å². The van der Waals surface area contributed by atoms with E-state index in [1.54, 1.807) is 31.2 Å². The summed E-state index contributed by atoms with van der Waals surface area (Å²) < 4.78 is 26.1. The van der Waals surface area contributed by atoms with Crippen molar-refractivity contribution in [2.24, 2.45) is 0 Å². The minimum Gasteiger partial charge on any atom is -0.207 e. The Morgan fingerprint density at radius 2 is 2.06 bits per heavy atom. The van der Waals surface area contributed by atoms with Crippen LogP contribution in [0.15, 0.2) is 29.2 Å². The van der Waals surface area contributed by atoms with Gasteiger partial charge in [-0.1, -0.05) is 18.2 Å². The van der Waals surface area contributed by atoms with E-state index in [0.29, 0.717) is 4.90 Å². The van der Waals surface area contributed by atoms with Gasteiger partial charge < -0.3 is 0 Å². The largest absolute Gasteiger partial charge is 0.244 e. The van der Waals surface area contributed by atoms with Crippen molar-refractivity contribution in [1.82, 2.24) is 4.31 Å². The number of hydrogen-bond acceptors (Lipinski definition) is 3. The molecule has 90 valence electrons. The van der Waals surface area contributed by atoms with Gasteiger partial charge in [0.25, 0.3) is 0 Å². The maximum absolute atomic E-state index is 12.4. The molecule has 2 rings (SSSR count). The van der Waals surface area contributed by atoms with E-state index in [9.17, 15) is 8.42 Å². The standard InChI is InChI=1S/C12H14N2O2S/c1-10-4-2-3-5-12(10)17(15,16)14(9-8-13)11-6-7-11/h2-5,11H,6-7,9H2,1H3. The maximum atomic E-state index is 12.4. The highest BCUT2D eigenvalue weighted by Crippen LogP contribution is 2.32. The van der Waals surface area contributed by atoms with E-state index in [-0.39, 0.29) is 12.6 Å². The number of hydrogen-bond donors (Lipinski definition) is 0. The molecule has 1 aromatic rings. The van der Waals surface area contributed by atoms with E-state index >= 15 is 0 Å². The summed E-state index contributed by atoms with van der Waals surface area (Å²) in [6.45, 7) is 1.70. The van der Waals surface area contributed by atoms with Gasteiger partial charge in [-0.05, 0) is 31.4 Å². The van der Waals surface area contributed by atoms with Crippen LogP contribution in [0.4, 0.5) is 0 Å². The van der Waals surface area contributed by atoms with Gasteiger partial charge in [0.05, 0.1) is 11.0 Å². The van der Waals surface area contributed by atoms with Crippen molar-refractivity contribution in [2.45, 2.75) is 30.7 Å². The van der Waals surface area contributed by atoms with Crippen LogP contribution >= 0.6 is 0 Å². The maximum Gasteiger partial charge on any atom is 0.244 e. The Morgan fingerprint density at radius 3 is 2.59 bits per heavy atom. The zero-order valence-electron chi connectivity index (χ0n) is 9.63. The Morgan fingerprint density at radius 1 is 1.41 bits per heavy atom. The van der Waals surface area contributed by atoms with Crippen LogP contribution in [0.1, 0.15) is 18.4 Å². The first-order valence-corrected chi connectivity index (χ1v) is 6.96. The summed E-state index contributed by atoms with van der Waals surface area (Å²) in [5.41, 5.74) is 0.719. The highest BCUT2D eigenvalue weighted by atomic mass is 32.2. The number of rotatable bonds is 4. The molecule has 0 atom stereocenters. The molecule has 0 aliphatic heterocycles. The quantitative estimate of drug-likeness (QED) is 0.764. The van der Waals surface area contributed by atoms with Crippen molar-refractivity contribution in [1.29, 1.82) is 5.26 Å². The van der Waals surface area contributed by atoms with Gasteiger partial charge in [-0.25, -0.2) is 8.42 Å². The molecule has 1 aromatic carbocycles. The van der Waals surface area contributed by atoms with Crippen molar-refractivity contribution in [3.63, 3.8) is 0 Å². The average molecular weight is 250 g/mol. The molecule has 0 bridgehead atoms. The molecule has 0 saturated heterocycles. The zero-order valence-corrected chi connectivity index (χ0v) is 10.4. The summed E-state index contributed by atoms with van der Waals surface area (Å²) in [6.07, 6.45) is 1.71. The number of benzene rings is 1. The normalized spacial score (nSPS) is 15.8. The van der Waals surface area contributed by atoms with Crippen LogP contribution in [0.2, 0.25) is 0 Å². The predicted octanol–water partition coefficient (Wildman–Crippen LogP) is 1.67. The van der Waals surface area contributed by atoms with Gasteiger partial charge in [0.1, 0.15) is 6.54 Å². The number of nitriles is 1. The van der Waals surface area contributed by atoms with Gasteiger partial charge in [-0.2, -0.15) is 9.57 Å². The van der Waals surface area contributed by atoms with Crippen molar-refractivity contribution >= 4 is 10.0 Å². The zero-order chi connectivity index (χ0) is 12.5. The van der Waals surface area contributed by atoms with E-state index in [4.69, 9.17) is 5.26 Å². The Kier molecular flexibility index (Phi) is 3.18. The van der Waals surface area contributed by atoms with Crippen molar-refractivity contribution in [2.75, 3.05) is 6.54 Å². The summed E-state index contributed by atoms with van der Waals surface area (Å²) in [5, 5.41) is 8.74. The van der Waals surface area contributed by atoms with E-state index in [2.05, 4.69) is 0 Å². The summed E-state index contributed by atoms with van der Waals surface area (Å²) >= 11 is 0. The van der Waals surface area contributed by atoms with Crippen molar-refractivity contribution in [3.05, 3.63) is 29.8 Å². The lowest BCUT2D eigenvalue weighted by Crippen LogP contribution is -2.33. The summed E-state index contributed by atoms with van der Waals surface area (Å²) in [4.78, 5) is 0.308. The molecule has 1 fully saturated rings. The van der Waals surface area contributed by atoms with Crippen LogP contribution in [-0.4, -0.2) is 25.3 Å². The van der Waals surface area contributed by atoms with Crippen molar-refractivity contribution < 1.29 is 8.42 Å². The van der Waals surface area contributed by atoms with E-state index < -0.39 is 10.0 Å². The minimum atomic E-state index is -3.52. The first kappa shape index (κ1) is 12.1. The lowest BCUT2D eigenvalue weighted by atomic mass is 10.2. The van der Waals surface area contributed by atoms with Crippen molar-refractivity contribution in [3.8, 4) is 6.07 Å². The smallest absolute Gasteiger partial charge is 0.207 e. The molecule has 4 nitrogen and oxygen atoms in total. The van der Waals surface area contributed by atoms with Crippen LogP contribution in [0.25, 0.3) is 0 Å². The number of nitrogens with zero attached hydrogens (tertiary/aromatic N) is 2. The fourth-order valence-electron chi connectivity index (χ4n) is 1.81. The molecule has 1 saturated carbocycles. The molecule has 0 heterocycles. The molecule has 1 aliphatic carbocycles. The molecule has 0 unspecified atom stereocenters. The third kappa shape index (κ3) is 2.33. The SMILES string of the molecule is Cc1ccccc1S(=O)(=O)N(CC#N)C1CC1. The second-order valence-electron chi connectivity index (χ2n) is 4.21. The Balaban J connectivity index is 2.41. The molecule has 17 heavy (non-hydrogen) atoms. The molecule has 0 spiro atoms. The topological polar surface area (TPSA) is 61.2 Å². The first-order valence-electron chi connectivity index (χ1n) is 5.52.